The standard InChI is InChI=1S/C10H24NO5PSi/c1-3-8-14-17(12,16-11-4-2)15-10(18)7-5-6-9-13-10/h11H,3-9H2,1-2,18H3. The Kier molecular flexibility index (Phi) is 7.01. The highest BCUT2D eigenvalue weighted by atomic mass is 31.2. The number of nitrogens with one attached hydrogen (secondary N) is 1. The van der Waals surface area contributed by atoms with Crippen molar-refractivity contribution in [1.82, 2.24) is 5.48 Å². The summed E-state index contributed by atoms with van der Waals surface area (Å²) in [5.74, 6) is 0. The summed E-state index contributed by atoms with van der Waals surface area (Å²) in [7, 11) is -2.96. The molecule has 2 atom stereocenters. The lowest BCUT2D eigenvalue weighted by atomic mass is 10.2. The molecule has 0 radical (unpaired) electrons. The van der Waals surface area contributed by atoms with Crippen molar-refractivity contribution in [3.8, 4) is 0 Å². The summed E-state index contributed by atoms with van der Waals surface area (Å²) in [6, 6.07) is 0. The fourth-order valence-corrected chi connectivity index (χ4v) is 4.32. The van der Waals surface area contributed by atoms with Gasteiger partial charge in [0, 0.05) is 13.2 Å². The zero-order valence-corrected chi connectivity index (χ0v) is 14.3. The quantitative estimate of drug-likeness (QED) is 0.414. The number of phosphoric ester groups is 1. The third-order valence-corrected chi connectivity index (χ3v) is 5.31. The van der Waals surface area contributed by atoms with Gasteiger partial charge in [-0.3, -0.25) is 9.05 Å². The van der Waals surface area contributed by atoms with Gasteiger partial charge in [0.05, 0.1) is 16.8 Å². The van der Waals surface area contributed by atoms with Crippen LogP contribution in [0.25, 0.3) is 0 Å². The second-order valence-corrected chi connectivity index (χ2v) is 7.44. The Hall–Kier alpha value is 0.247. The van der Waals surface area contributed by atoms with Crippen LogP contribution in [0.5, 0.6) is 0 Å². The highest BCUT2D eigenvalue weighted by molar-refractivity contribution is 7.48. The minimum atomic E-state index is -3.59. The number of hydroxylamine groups is 1. The molecule has 108 valence electrons. The molecule has 1 fully saturated rings. The molecule has 2 unspecified atom stereocenters. The van der Waals surface area contributed by atoms with E-state index >= 15 is 0 Å². The Bertz CT molecular complexity index is 273. The van der Waals surface area contributed by atoms with Gasteiger partial charge in [0.25, 0.3) is 0 Å². The zero-order chi connectivity index (χ0) is 13.5. The van der Waals surface area contributed by atoms with Gasteiger partial charge in [0.1, 0.15) is 0 Å². The molecular weight excluding hydrogens is 273 g/mol. The Labute approximate surface area is 112 Å². The lowest BCUT2D eigenvalue weighted by Gasteiger charge is -2.35. The van der Waals surface area contributed by atoms with Gasteiger partial charge in [-0.25, -0.2) is 4.57 Å². The monoisotopic (exact) mass is 297 g/mol. The molecule has 1 saturated heterocycles. The van der Waals surface area contributed by atoms with Gasteiger partial charge in [0.15, 0.2) is 5.41 Å². The van der Waals surface area contributed by atoms with Gasteiger partial charge < -0.3 is 4.74 Å². The molecule has 0 bridgehead atoms. The lowest BCUT2D eigenvalue weighted by molar-refractivity contribution is -0.159. The molecule has 8 heteroatoms. The number of rotatable bonds is 8. The molecule has 0 spiro atoms. The maximum Gasteiger partial charge on any atom is 0.493 e. The van der Waals surface area contributed by atoms with E-state index < -0.39 is 13.2 Å². The predicted molar refractivity (Wildman–Crippen MR) is 72.2 cm³/mol. The van der Waals surface area contributed by atoms with Crippen molar-refractivity contribution < 1.29 is 23.0 Å². The van der Waals surface area contributed by atoms with E-state index in [1.807, 2.05) is 13.8 Å². The Morgan fingerprint density at radius 2 is 2.22 bits per heavy atom. The van der Waals surface area contributed by atoms with Crippen molar-refractivity contribution in [2.24, 2.45) is 0 Å². The van der Waals surface area contributed by atoms with Crippen molar-refractivity contribution >= 4 is 18.1 Å². The van der Waals surface area contributed by atoms with E-state index in [4.69, 9.17) is 18.4 Å². The van der Waals surface area contributed by atoms with Gasteiger partial charge in [-0.05, 0) is 25.7 Å². The molecule has 0 aromatic rings. The largest absolute Gasteiger partial charge is 0.493 e. The SMILES string of the molecule is CCCOP(=O)(ONCC)OC1([SiH3])CCCCO1. The van der Waals surface area contributed by atoms with E-state index in [2.05, 4.69) is 5.48 Å². The fourth-order valence-electron chi connectivity index (χ4n) is 1.63. The van der Waals surface area contributed by atoms with E-state index in [0.29, 0.717) is 30.0 Å². The number of hydrogen-bond donors (Lipinski definition) is 1. The zero-order valence-electron chi connectivity index (χ0n) is 11.4. The van der Waals surface area contributed by atoms with Gasteiger partial charge in [0.2, 0.25) is 0 Å². The summed E-state index contributed by atoms with van der Waals surface area (Å²) in [6.45, 7) is 5.28. The number of ether oxygens (including phenoxy) is 1. The lowest BCUT2D eigenvalue weighted by Crippen LogP contribution is -2.39. The van der Waals surface area contributed by atoms with Crippen LogP contribution in [0.1, 0.15) is 39.5 Å². The molecule has 1 aliphatic rings. The number of hydrogen-bond acceptors (Lipinski definition) is 6. The summed E-state index contributed by atoms with van der Waals surface area (Å²) in [6.07, 6.45) is 3.52. The van der Waals surface area contributed by atoms with Crippen LogP contribution in [0.3, 0.4) is 0 Å². The van der Waals surface area contributed by atoms with E-state index in [1.165, 1.54) is 0 Å². The van der Waals surface area contributed by atoms with Crippen LogP contribution in [-0.2, 0) is 23.0 Å². The summed E-state index contributed by atoms with van der Waals surface area (Å²) in [5, 5.41) is 0. The summed E-state index contributed by atoms with van der Waals surface area (Å²) in [5.41, 5.74) is 1.80. The van der Waals surface area contributed by atoms with Crippen molar-refractivity contribution in [2.45, 2.75) is 44.9 Å². The first-order valence-corrected chi connectivity index (χ1v) is 9.00. The van der Waals surface area contributed by atoms with Gasteiger partial charge in [-0.2, -0.15) is 10.1 Å². The van der Waals surface area contributed by atoms with Gasteiger partial charge >= 0.3 is 7.82 Å². The topological polar surface area (TPSA) is 66.0 Å². The third-order valence-electron chi connectivity index (χ3n) is 2.51. The second-order valence-electron chi connectivity index (χ2n) is 4.40. The third kappa shape index (κ3) is 5.48. The van der Waals surface area contributed by atoms with Crippen LogP contribution in [0, 0.1) is 0 Å². The molecule has 1 N–H and O–H groups in total. The minimum Gasteiger partial charge on any atom is -0.354 e. The Morgan fingerprint density at radius 1 is 1.44 bits per heavy atom. The van der Waals surface area contributed by atoms with Crippen LogP contribution >= 0.6 is 7.82 Å². The molecular formula is C10H24NO5PSi. The van der Waals surface area contributed by atoms with E-state index in [-0.39, 0.29) is 0 Å². The molecule has 18 heavy (non-hydrogen) atoms. The maximum atomic E-state index is 12.4. The summed E-state index contributed by atoms with van der Waals surface area (Å²) < 4.78 is 33.9. The van der Waals surface area contributed by atoms with E-state index in [0.717, 1.165) is 25.7 Å². The average molecular weight is 297 g/mol. The van der Waals surface area contributed by atoms with Crippen molar-refractivity contribution in [2.75, 3.05) is 19.8 Å². The van der Waals surface area contributed by atoms with Crippen LogP contribution in [-0.4, -0.2) is 35.4 Å². The minimum absolute atomic E-state index is 0.334. The highest BCUT2D eigenvalue weighted by Gasteiger charge is 2.40. The molecule has 0 aromatic heterocycles. The van der Waals surface area contributed by atoms with Crippen LogP contribution in [0.2, 0.25) is 0 Å². The Morgan fingerprint density at radius 3 is 2.78 bits per heavy atom. The van der Waals surface area contributed by atoms with Crippen LogP contribution < -0.4 is 5.48 Å². The molecule has 1 heterocycles. The smallest absolute Gasteiger partial charge is 0.354 e. The van der Waals surface area contributed by atoms with E-state index in [9.17, 15) is 4.57 Å². The summed E-state index contributed by atoms with van der Waals surface area (Å²) >= 11 is 0. The molecule has 1 rings (SSSR count). The highest BCUT2D eigenvalue weighted by Crippen LogP contribution is 2.52. The molecule has 1 aliphatic heterocycles. The normalized spacial score (nSPS) is 28.1. The van der Waals surface area contributed by atoms with Crippen LogP contribution in [0.4, 0.5) is 0 Å². The van der Waals surface area contributed by atoms with Gasteiger partial charge in [-0.1, -0.05) is 13.8 Å². The summed E-state index contributed by atoms with van der Waals surface area (Å²) in [4.78, 5) is 0. The van der Waals surface area contributed by atoms with Crippen LogP contribution in [0.15, 0.2) is 0 Å². The molecule has 6 nitrogen and oxygen atoms in total. The average Bonchev–Trinajstić information content (AvgIpc) is 2.34. The molecule has 0 aliphatic carbocycles. The first kappa shape index (κ1) is 16.3. The maximum absolute atomic E-state index is 12.4. The molecule has 0 aromatic carbocycles. The number of phosphoric acid groups is 1. The molecule has 0 saturated carbocycles. The fraction of sp³-hybridized carbons (Fsp3) is 1.00. The van der Waals surface area contributed by atoms with E-state index in [1.54, 1.807) is 0 Å². The van der Waals surface area contributed by atoms with Gasteiger partial charge in [-0.15, -0.1) is 0 Å². The first-order valence-electron chi connectivity index (χ1n) is 6.54. The van der Waals surface area contributed by atoms with Crippen molar-refractivity contribution in [1.29, 1.82) is 0 Å². The molecule has 0 amide bonds. The van der Waals surface area contributed by atoms with Crippen molar-refractivity contribution in [3.63, 3.8) is 0 Å². The first-order chi connectivity index (χ1) is 8.54. The predicted octanol–water partition coefficient (Wildman–Crippen LogP) is 1.30. The second kappa shape index (κ2) is 7.74. The van der Waals surface area contributed by atoms with Crippen molar-refractivity contribution in [3.05, 3.63) is 0 Å². The Balaban J connectivity index is 2.60.